The van der Waals surface area contributed by atoms with E-state index in [4.69, 9.17) is 11.7 Å². The molecule has 1 amide bonds. The summed E-state index contributed by atoms with van der Waals surface area (Å²) in [6.45, 7) is 1.84. The maximum absolute atomic E-state index is 12.4. The molecule has 2 rings (SSSR count). The lowest BCUT2D eigenvalue weighted by Gasteiger charge is -2.13. The molecule has 0 radical (unpaired) electrons. The number of aromatic hydroxyl groups is 1. The van der Waals surface area contributed by atoms with Crippen LogP contribution in [0.15, 0.2) is 47.6 Å². The standard InChI is InChI=1S/C15H17N5O2/c1-9-4-2-3-5-11(9)15(22)18-13-8-10(21)6-7-12(13)14(19-16)20-17/h2-8,21H,16-17H2,1H3,(H,18,22)(H,19,20). The number of phenols is 1. The van der Waals surface area contributed by atoms with Crippen molar-refractivity contribution in [3.8, 4) is 5.75 Å². The number of amides is 1. The van der Waals surface area contributed by atoms with Crippen molar-refractivity contribution in [2.45, 2.75) is 6.92 Å². The molecule has 0 spiro atoms. The minimum Gasteiger partial charge on any atom is -0.508 e. The van der Waals surface area contributed by atoms with E-state index >= 15 is 0 Å². The number of carbonyl (C=O) groups excluding carboxylic acids is 1. The van der Waals surface area contributed by atoms with Gasteiger partial charge in [-0.05, 0) is 30.7 Å². The van der Waals surface area contributed by atoms with E-state index in [1.54, 1.807) is 18.2 Å². The van der Waals surface area contributed by atoms with Crippen LogP contribution in [0.3, 0.4) is 0 Å². The van der Waals surface area contributed by atoms with Crippen LogP contribution in [0.5, 0.6) is 5.75 Å². The van der Waals surface area contributed by atoms with Gasteiger partial charge in [0.15, 0.2) is 5.84 Å². The van der Waals surface area contributed by atoms with Gasteiger partial charge in [-0.3, -0.25) is 4.79 Å². The highest BCUT2D eigenvalue weighted by Crippen LogP contribution is 2.23. The van der Waals surface area contributed by atoms with Crippen LogP contribution in [0.25, 0.3) is 0 Å². The van der Waals surface area contributed by atoms with Gasteiger partial charge < -0.3 is 21.7 Å². The van der Waals surface area contributed by atoms with Crippen LogP contribution in [-0.4, -0.2) is 16.8 Å². The highest BCUT2D eigenvalue weighted by molar-refractivity contribution is 6.10. The highest BCUT2D eigenvalue weighted by Gasteiger charge is 2.14. The zero-order valence-electron chi connectivity index (χ0n) is 12.0. The number of nitrogens with two attached hydrogens (primary N) is 2. The van der Waals surface area contributed by atoms with Crippen molar-refractivity contribution in [1.29, 1.82) is 0 Å². The molecule has 2 aromatic carbocycles. The van der Waals surface area contributed by atoms with Gasteiger partial charge in [0.1, 0.15) is 5.75 Å². The number of hydrazone groups is 1. The first-order valence-corrected chi connectivity index (χ1v) is 6.51. The second-order valence-electron chi connectivity index (χ2n) is 4.62. The number of nitrogens with one attached hydrogen (secondary N) is 2. The third-order valence-electron chi connectivity index (χ3n) is 3.16. The van der Waals surface area contributed by atoms with Crippen LogP contribution >= 0.6 is 0 Å². The number of aryl methyl sites for hydroxylation is 1. The molecule has 0 aliphatic heterocycles. The molecule has 7 nitrogen and oxygen atoms in total. The molecule has 2 aromatic rings. The summed E-state index contributed by atoms with van der Waals surface area (Å²) in [5.41, 5.74) is 4.52. The lowest BCUT2D eigenvalue weighted by Crippen LogP contribution is -2.33. The number of amidine groups is 1. The van der Waals surface area contributed by atoms with E-state index < -0.39 is 0 Å². The van der Waals surface area contributed by atoms with E-state index in [1.165, 1.54) is 12.1 Å². The Balaban J connectivity index is 2.39. The van der Waals surface area contributed by atoms with E-state index in [9.17, 15) is 9.90 Å². The molecule has 0 saturated heterocycles. The predicted molar refractivity (Wildman–Crippen MR) is 85.3 cm³/mol. The first kappa shape index (κ1) is 15.3. The molecule has 7 heteroatoms. The molecule has 114 valence electrons. The second-order valence-corrected chi connectivity index (χ2v) is 4.62. The first-order chi connectivity index (χ1) is 10.6. The number of phenolic OH excluding ortho intramolecular Hbond substituents is 1. The minimum absolute atomic E-state index is 0.00257. The largest absolute Gasteiger partial charge is 0.508 e. The Morgan fingerprint density at radius 2 is 1.91 bits per heavy atom. The van der Waals surface area contributed by atoms with Crippen molar-refractivity contribution in [2.24, 2.45) is 16.8 Å². The van der Waals surface area contributed by atoms with E-state index in [1.807, 2.05) is 19.1 Å². The lowest BCUT2D eigenvalue weighted by molar-refractivity contribution is 0.102. The Kier molecular flexibility index (Phi) is 4.60. The number of anilines is 1. The van der Waals surface area contributed by atoms with E-state index in [0.717, 1.165) is 5.56 Å². The summed E-state index contributed by atoms with van der Waals surface area (Å²) in [6.07, 6.45) is 0. The summed E-state index contributed by atoms with van der Waals surface area (Å²) in [5, 5.41) is 15.9. The van der Waals surface area contributed by atoms with E-state index in [0.29, 0.717) is 16.8 Å². The molecule has 22 heavy (non-hydrogen) atoms. The monoisotopic (exact) mass is 299 g/mol. The average molecular weight is 299 g/mol. The molecule has 0 atom stereocenters. The van der Waals surface area contributed by atoms with Gasteiger partial charge in [0, 0.05) is 17.2 Å². The van der Waals surface area contributed by atoms with Gasteiger partial charge in [0.05, 0.1) is 5.69 Å². The topological polar surface area (TPSA) is 126 Å². The zero-order valence-corrected chi connectivity index (χ0v) is 12.0. The summed E-state index contributed by atoms with van der Waals surface area (Å²) in [7, 11) is 0. The summed E-state index contributed by atoms with van der Waals surface area (Å²) < 4.78 is 0. The highest BCUT2D eigenvalue weighted by atomic mass is 16.3. The Labute approximate surface area is 127 Å². The molecule has 7 N–H and O–H groups in total. The quantitative estimate of drug-likeness (QED) is 0.250. The number of hydrazine groups is 1. The van der Waals surface area contributed by atoms with Crippen molar-refractivity contribution in [2.75, 3.05) is 5.32 Å². The maximum Gasteiger partial charge on any atom is 0.255 e. The van der Waals surface area contributed by atoms with Gasteiger partial charge in [0.25, 0.3) is 5.91 Å². The lowest BCUT2D eigenvalue weighted by atomic mass is 10.1. The third-order valence-corrected chi connectivity index (χ3v) is 3.16. The molecule has 0 unspecified atom stereocenters. The van der Waals surface area contributed by atoms with Gasteiger partial charge in [-0.2, -0.15) is 5.10 Å². The number of benzene rings is 2. The van der Waals surface area contributed by atoms with Crippen LogP contribution in [0.1, 0.15) is 21.5 Å². The minimum atomic E-state index is -0.307. The van der Waals surface area contributed by atoms with Crippen LogP contribution in [0.2, 0.25) is 0 Å². The normalized spacial score (nSPS) is 11.1. The molecule has 0 aliphatic rings. The number of rotatable bonds is 3. The van der Waals surface area contributed by atoms with Gasteiger partial charge in [-0.25, -0.2) is 5.84 Å². The SMILES string of the molecule is Cc1ccccc1C(=O)Nc1cc(O)ccc1/C(=N/N)NN. The van der Waals surface area contributed by atoms with Crippen LogP contribution < -0.4 is 22.4 Å². The fraction of sp³-hybridized carbons (Fsp3) is 0.0667. The zero-order chi connectivity index (χ0) is 16.1. The van der Waals surface area contributed by atoms with Crippen LogP contribution in [0, 0.1) is 6.92 Å². The molecular weight excluding hydrogens is 282 g/mol. The third kappa shape index (κ3) is 3.15. The van der Waals surface area contributed by atoms with Crippen LogP contribution in [-0.2, 0) is 0 Å². The van der Waals surface area contributed by atoms with Gasteiger partial charge >= 0.3 is 0 Å². The van der Waals surface area contributed by atoms with E-state index in [2.05, 4.69) is 15.8 Å². The Hall–Kier alpha value is -3.06. The molecule has 0 saturated carbocycles. The van der Waals surface area contributed by atoms with Gasteiger partial charge in [-0.15, -0.1) is 0 Å². The average Bonchev–Trinajstić information content (AvgIpc) is 2.50. The summed E-state index contributed by atoms with van der Waals surface area (Å²) >= 11 is 0. The molecule has 0 aliphatic carbocycles. The Bertz CT molecular complexity index is 728. The number of hydrogen-bond donors (Lipinski definition) is 5. The molecule has 0 bridgehead atoms. The molecular formula is C15H17N5O2. The van der Waals surface area contributed by atoms with Crippen molar-refractivity contribution < 1.29 is 9.90 Å². The summed E-state index contributed by atoms with van der Waals surface area (Å²) in [6, 6.07) is 11.6. The van der Waals surface area contributed by atoms with Crippen molar-refractivity contribution in [3.05, 3.63) is 59.2 Å². The van der Waals surface area contributed by atoms with E-state index in [-0.39, 0.29) is 17.5 Å². The number of nitrogens with zero attached hydrogens (tertiary/aromatic N) is 1. The predicted octanol–water partition coefficient (Wildman–Crippen LogP) is 1.04. The van der Waals surface area contributed by atoms with Gasteiger partial charge in [-0.1, -0.05) is 18.2 Å². The molecule has 0 heterocycles. The Morgan fingerprint density at radius 1 is 1.18 bits per heavy atom. The maximum atomic E-state index is 12.4. The fourth-order valence-electron chi connectivity index (χ4n) is 2.04. The smallest absolute Gasteiger partial charge is 0.255 e. The first-order valence-electron chi connectivity index (χ1n) is 6.51. The number of carbonyl (C=O) groups is 1. The Morgan fingerprint density at radius 3 is 2.55 bits per heavy atom. The van der Waals surface area contributed by atoms with Crippen LogP contribution in [0.4, 0.5) is 5.69 Å². The molecule has 0 fully saturated rings. The van der Waals surface area contributed by atoms with Crippen molar-refractivity contribution >= 4 is 17.4 Å². The summed E-state index contributed by atoms with van der Waals surface area (Å²) in [5.74, 6) is 10.5. The van der Waals surface area contributed by atoms with Crippen molar-refractivity contribution in [1.82, 2.24) is 5.43 Å². The van der Waals surface area contributed by atoms with Gasteiger partial charge in [0.2, 0.25) is 0 Å². The second kappa shape index (κ2) is 6.59. The molecule has 0 aromatic heterocycles. The summed E-state index contributed by atoms with van der Waals surface area (Å²) in [4.78, 5) is 12.4. The fourth-order valence-corrected chi connectivity index (χ4v) is 2.04. The number of hydrogen-bond acceptors (Lipinski definition) is 5. The van der Waals surface area contributed by atoms with Crippen molar-refractivity contribution in [3.63, 3.8) is 0 Å².